The van der Waals surface area contributed by atoms with Crippen LogP contribution in [-0.4, -0.2) is 23.9 Å². The van der Waals surface area contributed by atoms with E-state index in [-0.39, 0.29) is 6.04 Å². The summed E-state index contributed by atoms with van der Waals surface area (Å²) in [6, 6.07) is 10.4. The van der Waals surface area contributed by atoms with Gasteiger partial charge in [0.25, 0.3) is 0 Å². The second-order valence-corrected chi connectivity index (χ2v) is 4.43. The fourth-order valence-corrected chi connectivity index (χ4v) is 2.35. The van der Waals surface area contributed by atoms with Crippen molar-refractivity contribution in [2.45, 2.75) is 25.9 Å². The lowest BCUT2D eigenvalue weighted by Crippen LogP contribution is -2.22. The van der Waals surface area contributed by atoms with E-state index >= 15 is 0 Å². The van der Waals surface area contributed by atoms with Gasteiger partial charge in [0.15, 0.2) is 0 Å². The number of aryl methyl sites for hydroxylation is 1. The highest BCUT2D eigenvalue weighted by Crippen LogP contribution is 2.24. The number of nitrogens with zero attached hydrogens (tertiary/aromatic N) is 2. The molecule has 0 radical (unpaired) electrons. The van der Waals surface area contributed by atoms with Gasteiger partial charge in [-0.15, -0.1) is 0 Å². The van der Waals surface area contributed by atoms with Gasteiger partial charge in [-0.05, 0) is 38.1 Å². The fourth-order valence-electron chi connectivity index (χ4n) is 2.35. The van der Waals surface area contributed by atoms with Crippen LogP contribution in [0.1, 0.15) is 24.2 Å². The number of benzene rings is 1. The molecule has 0 aliphatic carbocycles. The topological polar surface area (TPSA) is 39.1 Å². The van der Waals surface area contributed by atoms with E-state index < -0.39 is 0 Å². The van der Waals surface area contributed by atoms with Crippen LogP contribution in [0.4, 0.5) is 0 Å². The van der Waals surface area contributed by atoms with Gasteiger partial charge in [-0.25, -0.2) is 0 Å². The molecular formula is C15H21N3O. The second-order valence-electron chi connectivity index (χ2n) is 4.43. The third-order valence-corrected chi connectivity index (χ3v) is 3.37. The van der Waals surface area contributed by atoms with Crippen molar-refractivity contribution in [3.05, 3.63) is 47.8 Å². The van der Waals surface area contributed by atoms with Gasteiger partial charge in [-0.1, -0.05) is 18.2 Å². The van der Waals surface area contributed by atoms with Crippen LogP contribution in [-0.2, 0) is 13.0 Å². The predicted octanol–water partition coefficient (Wildman–Crippen LogP) is 2.41. The zero-order chi connectivity index (χ0) is 13.7. The number of hydrogen-bond donors (Lipinski definition) is 1. The molecule has 0 fully saturated rings. The molecule has 1 aromatic heterocycles. The van der Waals surface area contributed by atoms with Gasteiger partial charge >= 0.3 is 0 Å². The summed E-state index contributed by atoms with van der Waals surface area (Å²) >= 11 is 0. The van der Waals surface area contributed by atoms with E-state index in [9.17, 15) is 0 Å². The number of rotatable bonds is 6. The fraction of sp³-hybridized carbons (Fsp3) is 0.400. The Morgan fingerprint density at radius 2 is 2.11 bits per heavy atom. The monoisotopic (exact) mass is 259 g/mol. The van der Waals surface area contributed by atoms with Crippen LogP contribution in [0.2, 0.25) is 0 Å². The lowest BCUT2D eigenvalue weighted by Gasteiger charge is -2.19. The van der Waals surface area contributed by atoms with Gasteiger partial charge in [0, 0.05) is 12.7 Å². The van der Waals surface area contributed by atoms with E-state index in [4.69, 9.17) is 4.74 Å². The predicted molar refractivity (Wildman–Crippen MR) is 76.4 cm³/mol. The van der Waals surface area contributed by atoms with Crippen LogP contribution in [0.15, 0.2) is 36.5 Å². The van der Waals surface area contributed by atoms with E-state index in [1.807, 2.05) is 36.1 Å². The van der Waals surface area contributed by atoms with Crippen molar-refractivity contribution in [1.29, 1.82) is 0 Å². The number of nitrogens with one attached hydrogen (secondary N) is 1. The first-order valence-corrected chi connectivity index (χ1v) is 6.61. The largest absolute Gasteiger partial charge is 0.496 e. The highest BCUT2D eigenvalue weighted by molar-refractivity contribution is 5.34. The molecule has 0 saturated carbocycles. The zero-order valence-corrected chi connectivity index (χ0v) is 11.8. The second kappa shape index (κ2) is 6.38. The molecule has 0 bridgehead atoms. The zero-order valence-electron chi connectivity index (χ0n) is 11.8. The summed E-state index contributed by atoms with van der Waals surface area (Å²) in [6.45, 7) is 2.98. The van der Waals surface area contributed by atoms with Crippen molar-refractivity contribution >= 4 is 0 Å². The van der Waals surface area contributed by atoms with Gasteiger partial charge in [-0.3, -0.25) is 4.68 Å². The molecule has 1 atom stereocenters. The Morgan fingerprint density at radius 3 is 2.79 bits per heavy atom. The smallest absolute Gasteiger partial charge is 0.122 e. The van der Waals surface area contributed by atoms with Crippen molar-refractivity contribution < 1.29 is 4.74 Å². The SMILES string of the molecule is CCn1nccc1C(Cc1ccccc1OC)NC. The van der Waals surface area contributed by atoms with Gasteiger partial charge in [-0.2, -0.15) is 5.10 Å². The van der Waals surface area contributed by atoms with Crippen LogP contribution >= 0.6 is 0 Å². The number of para-hydroxylation sites is 1. The minimum atomic E-state index is 0.235. The Labute approximate surface area is 114 Å². The Hall–Kier alpha value is -1.81. The average molecular weight is 259 g/mol. The Kier molecular flexibility index (Phi) is 4.58. The van der Waals surface area contributed by atoms with Crippen molar-refractivity contribution in [3.63, 3.8) is 0 Å². The molecule has 2 rings (SSSR count). The quantitative estimate of drug-likeness (QED) is 0.866. The summed E-state index contributed by atoms with van der Waals surface area (Å²) in [7, 11) is 3.69. The summed E-state index contributed by atoms with van der Waals surface area (Å²) in [5.41, 5.74) is 2.41. The maximum atomic E-state index is 5.41. The molecule has 0 saturated heterocycles. The molecule has 0 aliphatic heterocycles. The Bertz CT molecular complexity index is 522. The molecule has 0 amide bonds. The highest BCUT2D eigenvalue weighted by Gasteiger charge is 2.16. The minimum Gasteiger partial charge on any atom is -0.496 e. The molecule has 1 aromatic carbocycles. The number of methoxy groups -OCH3 is 1. The molecule has 1 unspecified atom stereocenters. The summed E-state index contributed by atoms with van der Waals surface area (Å²) in [5, 5.41) is 7.70. The first-order chi connectivity index (χ1) is 9.30. The Morgan fingerprint density at radius 1 is 1.32 bits per heavy atom. The standard InChI is InChI=1S/C15H21N3O/c1-4-18-14(9-10-17-18)13(16-2)11-12-7-5-6-8-15(12)19-3/h5-10,13,16H,4,11H2,1-3H3. The lowest BCUT2D eigenvalue weighted by atomic mass is 10.0. The first-order valence-electron chi connectivity index (χ1n) is 6.61. The highest BCUT2D eigenvalue weighted by atomic mass is 16.5. The van der Waals surface area contributed by atoms with Crippen molar-refractivity contribution in [2.24, 2.45) is 0 Å². The van der Waals surface area contributed by atoms with E-state index in [1.165, 1.54) is 11.3 Å². The van der Waals surface area contributed by atoms with Gasteiger partial charge in [0.1, 0.15) is 5.75 Å². The minimum absolute atomic E-state index is 0.235. The van der Waals surface area contributed by atoms with Crippen LogP contribution in [0.25, 0.3) is 0 Å². The molecule has 19 heavy (non-hydrogen) atoms. The molecule has 0 spiro atoms. The summed E-state index contributed by atoms with van der Waals surface area (Å²) in [4.78, 5) is 0. The van der Waals surface area contributed by atoms with Crippen molar-refractivity contribution in [1.82, 2.24) is 15.1 Å². The molecule has 1 N–H and O–H groups in total. The summed E-state index contributed by atoms with van der Waals surface area (Å²) in [6.07, 6.45) is 2.73. The normalized spacial score (nSPS) is 12.4. The number of hydrogen-bond acceptors (Lipinski definition) is 3. The van der Waals surface area contributed by atoms with Gasteiger partial charge < -0.3 is 10.1 Å². The van der Waals surface area contributed by atoms with Gasteiger partial charge in [0.05, 0.1) is 18.8 Å². The molecule has 0 aliphatic rings. The van der Waals surface area contributed by atoms with Gasteiger partial charge in [0.2, 0.25) is 0 Å². The number of likely N-dealkylation sites (N-methyl/N-ethyl adjacent to an activating group) is 1. The van der Waals surface area contributed by atoms with E-state index in [2.05, 4.69) is 29.5 Å². The number of ether oxygens (including phenoxy) is 1. The molecular weight excluding hydrogens is 238 g/mol. The van der Waals surface area contributed by atoms with Crippen LogP contribution in [0, 0.1) is 0 Å². The Balaban J connectivity index is 2.24. The van der Waals surface area contributed by atoms with E-state index in [0.717, 1.165) is 18.7 Å². The van der Waals surface area contributed by atoms with Crippen molar-refractivity contribution in [3.8, 4) is 5.75 Å². The van der Waals surface area contributed by atoms with Crippen LogP contribution in [0.5, 0.6) is 5.75 Å². The van der Waals surface area contributed by atoms with E-state index in [1.54, 1.807) is 7.11 Å². The van der Waals surface area contributed by atoms with Crippen molar-refractivity contribution in [2.75, 3.05) is 14.2 Å². The molecule has 2 aromatic rings. The van der Waals surface area contributed by atoms with Crippen LogP contribution < -0.4 is 10.1 Å². The molecule has 4 nitrogen and oxygen atoms in total. The summed E-state index contributed by atoms with van der Waals surface area (Å²) in [5.74, 6) is 0.935. The van der Waals surface area contributed by atoms with Crippen LogP contribution in [0.3, 0.4) is 0 Å². The molecule has 1 heterocycles. The summed E-state index contributed by atoms with van der Waals surface area (Å²) < 4.78 is 7.44. The molecule has 4 heteroatoms. The maximum absolute atomic E-state index is 5.41. The molecule has 102 valence electrons. The average Bonchev–Trinajstić information content (AvgIpc) is 2.93. The number of aromatic nitrogens is 2. The first kappa shape index (κ1) is 13.6. The van der Waals surface area contributed by atoms with E-state index in [0.29, 0.717) is 0 Å². The third-order valence-electron chi connectivity index (χ3n) is 3.37. The lowest BCUT2D eigenvalue weighted by molar-refractivity contribution is 0.405. The third kappa shape index (κ3) is 2.96. The maximum Gasteiger partial charge on any atom is 0.122 e.